The number of aromatic nitrogens is 2. The van der Waals surface area contributed by atoms with E-state index in [9.17, 15) is 15.2 Å². The molecule has 7 nitrogen and oxygen atoms in total. The van der Waals surface area contributed by atoms with Crippen LogP contribution < -0.4 is 0 Å². The second-order valence-corrected chi connectivity index (χ2v) is 4.86. The molecule has 2 heterocycles. The van der Waals surface area contributed by atoms with Crippen LogP contribution in [-0.4, -0.2) is 49.7 Å². The lowest BCUT2D eigenvalue weighted by Crippen LogP contribution is -2.61. The molecule has 0 aliphatic carbocycles. The van der Waals surface area contributed by atoms with E-state index in [2.05, 4.69) is 9.88 Å². The topological polar surface area (TPSA) is 84.4 Å². The molecule has 100 valence electrons. The molecule has 1 aliphatic rings. The number of nitrogens with zero attached hydrogens (tertiary/aromatic N) is 4. The molecule has 1 N–H and O–H groups in total. The monoisotopic (exact) mass is 254 g/mol. The molecule has 18 heavy (non-hydrogen) atoms. The van der Waals surface area contributed by atoms with E-state index >= 15 is 0 Å². The van der Waals surface area contributed by atoms with Gasteiger partial charge in [0, 0.05) is 26.6 Å². The maximum Gasteiger partial charge on any atom is 0.342 e. The smallest absolute Gasteiger partial charge is 0.342 e. The van der Waals surface area contributed by atoms with Crippen molar-refractivity contribution >= 4 is 5.82 Å². The molecule has 0 bridgehead atoms. The third-order valence-electron chi connectivity index (χ3n) is 3.55. The van der Waals surface area contributed by atoms with Crippen molar-refractivity contribution in [1.29, 1.82) is 0 Å². The summed E-state index contributed by atoms with van der Waals surface area (Å²) < 4.78 is 1.60. The van der Waals surface area contributed by atoms with E-state index < -0.39 is 10.5 Å². The summed E-state index contributed by atoms with van der Waals surface area (Å²) >= 11 is 0. The molecule has 1 aliphatic heterocycles. The Labute approximate surface area is 105 Å². The van der Waals surface area contributed by atoms with Gasteiger partial charge >= 0.3 is 5.82 Å². The van der Waals surface area contributed by atoms with Gasteiger partial charge in [0.05, 0.1) is 5.60 Å². The van der Waals surface area contributed by atoms with Gasteiger partial charge in [-0.1, -0.05) is 6.92 Å². The Morgan fingerprint density at radius 1 is 1.56 bits per heavy atom. The highest BCUT2D eigenvalue weighted by molar-refractivity contribution is 5.18. The number of likely N-dealkylation sites (tertiary alicyclic amines) is 1. The van der Waals surface area contributed by atoms with Crippen LogP contribution in [0.1, 0.15) is 19.2 Å². The zero-order valence-electron chi connectivity index (χ0n) is 10.7. The van der Waals surface area contributed by atoms with Gasteiger partial charge in [-0.05, 0) is 11.3 Å². The summed E-state index contributed by atoms with van der Waals surface area (Å²) in [6.07, 6.45) is 2.03. The van der Waals surface area contributed by atoms with Crippen LogP contribution in [0.5, 0.6) is 0 Å². The van der Waals surface area contributed by atoms with Crippen LogP contribution in [0.2, 0.25) is 0 Å². The maximum absolute atomic E-state index is 10.8. The zero-order chi connectivity index (χ0) is 13.3. The van der Waals surface area contributed by atoms with Gasteiger partial charge in [-0.3, -0.25) is 4.90 Å². The number of rotatable bonds is 5. The van der Waals surface area contributed by atoms with Crippen molar-refractivity contribution in [2.45, 2.75) is 32.4 Å². The number of hydrogen-bond acceptors (Lipinski definition) is 5. The molecule has 0 aromatic carbocycles. The molecule has 1 fully saturated rings. The van der Waals surface area contributed by atoms with Crippen molar-refractivity contribution in [3.8, 4) is 0 Å². The first kappa shape index (κ1) is 13.0. The van der Waals surface area contributed by atoms with Crippen LogP contribution in [0, 0.1) is 17.0 Å². The molecule has 1 aromatic heterocycles. The summed E-state index contributed by atoms with van der Waals surface area (Å²) in [5.74, 6) is 0.673. The zero-order valence-corrected chi connectivity index (χ0v) is 10.7. The highest BCUT2D eigenvalue weighted by Gasteiger charge is 2.39. The summed E-state index contributed by atoms with van der Waals surface area (Å²) in [5.41, 5.74) is -0.560. The SMILES string of the molecule is CCC1(O)CN(CCn2c([N+](=O)[O-])cnc2C)C1. The molecule has 0 spiro atoms. The maximum atomic E-state index is 10.8. The van der Waals surface area contributed by atoms with E-state index in [1.165, 1.54) is 6.20 Å². The Hall–Kier alpha value is -1.47. The quantitative estimate of drug-likeness (QED) is 0.613. The average Bonchev–Trinajstić information content (AvgIpc) is 2.64. The molecule has 0 radical (unpaired) electrons. The standard InChI is InChI=1S/C11H18N4O3/c1-3-11(16)7-13(8-11)4-5-14-9(2)12-6-10(14)15(17)18/h6,16H,3-5,7-8H2,1-2H3. The molecule has 7 heteroatoms. The van der Waals surface area contributed by atoms with Gasteiger partial charge in [-0.15, -0.1) is 0 Å². The Balaban J connectivity index is 1.92. The number of hydrogen-bond donors (Lipinski definition) is 1. The molecular weight excluding hydrogens is 236 g/mol. The van der Waals surface area contributed by atoms with Crippen LogP contribution >= 0.6 is 0 Å². The van der Waals surface area contributed by atoms with Crippen LogP contribution in [0.3, 0.4) is 0 Å². The first-order valence-electron chi connectivity index (χ1n) is 6.06. The number of nitro groups is 1. The molecule has 1 aromatic rings. The molecular formula is C11H18N4O3. The predicted octanol–water partition coefficient (Wildman–Crippen LogP) is 0.556. The number of aryl methyl sites for hydroxylation is 1. The van der Waals surface area contributed by atoms with Crippen molar-refractivity contribution in [3.63, 3.8) is 0 Å². The third kappa shape index (κ3) is 2.37. The van der Waals surface area contributed by atoms with E-state index in [1.54, 1.807) is 11.5 Å². The second kappa shape index (κ2) is 4.66. The van der Waals surface area contributed by atoms with E-state index in [0.29, 0.717) is 32.0 Å². The average molecular weight is 254 g/mol. The Bertz CT molecular complexity index is 451. The molecule has 0 atom stereocenters. The lowest BCUT2D eigenvalue weighted by Gasteiger charge is -2.45. The van der Waals surface area contributed by atoms with Crippen molar-refractivity contribution in [3.05, 3.63) is 22.1 Å². The number of aliphatic hydroxyl groups is 1. The Morgan fingerprint density at radius 2 is 2.22 bits per heavy atom. The predicted molar refractivity (Wildman–Crippen MR) is 65.3 cm³/mol. The normalized spacial score (nSPS) is 18.6. The van der Waals surface area contributed by atoms with Crippen LogP contribution in [0.25, 0.3) is 0 Å². The Morgan fingerprint density at radius 3 is 2.78 bits per heavy atom. The van der Waals surface area contributed by atoms with Crippen LogP contribution in [-0.2, 0) is 6.54 Å². The largest absolute Gasteiger partial charge is 0.387 e. The lowest BCUT2D eigenvalue weighted by molar-refractivity contribution is -0.392. The van der Waals surface area contributed by atoms with Crippen molar-refractivity contribution in [1.82, 2.24) is 14.5 Å². The number of imidazole rings is 1. The molecule has 0 unspecified atom stereocenters. The summed E-state index contributed by atoms with van der Waals surface area (Å²) in [4.78, 5) is 16.4. The van der Waals surface area contributed by atoms with Gasteiger partial charge < -0.3 is 15.2 Å². The van der Waals surface area contributed by atoms with E-state index in [4.69, 9.17) is 0 Å². The van der Waals surface area contributed by atoms with Gasteiger partial charge in [0.25, 0.3) is 0 Å². The third-order valence-corrected chi connectivity index (χ3v) is 3.55. The minimum Gasteiger partial charge on any atom is -0.387 e. The van der Waals surface area contributed by atoms with Crippen LogP contribution in [0.15, 0.2) is 6.20 Å². The fourth-order valence-electron chi connectivity index (χ4n) is 2.29. The Kier molecular flexibility index (Phi) is 3.36. The fourth-order valence-corrected chi connectivity index (χ4v) is 2.29. The van der Waals surface area contributed by atoms with Crippen molar-refractivity contribution in [2.75, 3.05) is 19.6 Å². The minimum atomic E-state index is -0.560. The molecule has 0 amide bonds. The summed E-state index contributed by atoms with van der Waals surface area (Å²) in [6.45, 7) is 6.23. The second-order valence-electron chi connectivity index (χ2n) is 4.86. The van der Waals surface area contributed by atoms with Gasteiger partial charge in [0.15, 0.2) is 5.82 Å². The number of β-amino-alcohol motifs (C(OH)–C–C–N with tert-alkyl or cyclic N) is 1. The lowest BCUT2D eigenvalue weighted by atomic mass is 9.91. The van der Waals surface area contributed by atoms with E-state index in [1.807, 2.05) is 6.92 Å². The van der Waals surface area contributed by atoms with E-state index in [0.717, 1.165) is 6.42 Å². The van der Waals surface area contributed by atoms with Crippen molar-refractivity contribution in [2.24, 2.45) is 0 Å². The minimum absolute atomic E-state index is 0.0266. The van der Waals surface area contributed by atoms with Gasteiger partial charge in [-0.2, -0.15) is 0 Å². The van der Waals surface area contributed by atoms with Crippen molar-refractivity contribution < 1.29 is 10.0 Å². The first-order valence-corrected chi connectivity index (χ1v) is 6.06. The highest BCUT2D eigenvalue weighted by atomic mass is 16.6. The first-order chi connectivity index (χ1) is 8.45. The summed E-state index contributed by atoms with van der Waals surface area (Å²) in [6, 6.07) is 0. The molecule has 2 rings (SSSR count). The molecule has 0 saturated carbocycles. The van der Waals surface area contributed by atoms with E-state index in [-0.39, 0.29) is 5.82 Å². The highest BCUT2D eigenvalue weighted by Crippen LogP contribution is 2.24. The molecule has 1 saturated heterocycles. The fraction of sp³-hybridized carbons (Fsp3) is 0.727. The van der Waals surface area contributed by atoms with Gasteiger partial charge in [0.2, 0.25) is 0 Å². The summed E-state index contributed by atoms with van der Waals surface area (Å²) in [5, 5.41) is 20.7. The van der Waals surface area contributed by atoms with Gasteiger partial charge in [0.1, 0.15) is 12.7 Å². The summed E-state index contributed by atoms with van der Waals surface area (Å²) in [7, 11) is 0. The van der Waals surface area contributed by atoms with Crippen LogP contribution in [0.4, 0.5) is 5.82 Å². The van der Waals surface area contributed by atoms with Gasteiger partial charge in [-0.25, -0.2) is 9.55 Å².